The summed E-state index contributed by atoms with van der Waals surface area (Å²) in [6.07, 6.45) is 6.17. The zero-order chi connectivity index (χ0) is 30.9. The van der Waals surface area contributed by atoms with E-state index in [0.717, 1.165) is 54.4 Å². The van der Waals surface area contributed by atoms with Crippen LogP contribution in [0.2, 0.25) is 0 Å². The predicted molar refractivity (Wildman–Crippen MR) is 165 cm³/mol. The Morgan fingerprint density at radius 1 is 1.00 bits per heavy atom. The molecule has 230 valence electrons. The summed E-state index contributed by atoms with van der Waals surface area (Å²) < 4.78 is 5.53. The molecule has 0 aromatic heterocycles. The van der Waals surface area contributed by atoms with Crippen LogP contribution in [-0.4, -0.2) is 52.1 Å². The number of ether oxygens (including phenoxy) is 1. The molecule has 2 aromatic rings. The molecule has 8 heteroatoms. The summed E-state index contributed by atoms with van der Waals surface area (Å²) in [4.78, 5) is 43.4. The number of nitrogens with zero attached hydrogens (tertiary/aromatic N) is 1. The van der Waals surface area contributed by atoms with Crippen molar-refractivity contribution in [2.75, 3.05) is 6.54 Å². The summed E-state index contributed by atoms with van der Waals surface area (Å²) in [6, 6.07) is 10.7. The van der Waals surface area contributed by atoms with E-state index in [9.17, 15) is 19.5 Å². The molecule has 1 aliphatic rings. The van der Waals surface area contributed by atoms with Crippen LogP contribution in [0.15, 0.2) is 42.5 Å². The third-order valence-electron chi connectivity index (χ3n) is 7.73. The van der Waals surface area contributed by atoms with Gasteiger partial charge in [-0.1, -0.05) is 62.9 Å². The van der Waals surface area contributed by atoms with E-state index in [4.69, 9.17) is 4.74 Å². The lowest BCUT2D eigenvalue weighted by atomic mass is 9.91. The average Bonchev–Trinajstić information content (AvgIpc) is 2.92. The Hall–Kier alpha value is -3.55. The zero-order valence-corrected chi connectivity index (χ0v) is 26.2. The number of phenols is 1. The van der Waals surface area contributed by atoms with E-state index < -0.39 is 23.8 Å². The molecule has 8 nitrogen and oxygen atoms in total. The summed E-state index contributed by atoms with van der Waals surface area (Å²) in [5.74, 6) is -0.431. The van der Waals surface area contributed by atoms with Crippen LogP contribution in [0.25, 0.3) is 0 Å². The van der Waals surface area contributed by atoms with Gasteiger partial charge in [0.1, 0.15) is 23.4 Å². The van der Waals surface area contributed by atoms with E-state index in [-0.39, 0.29) is 30.0 Å². The number of amides is 3. The maximum Gasteiger partial charge on any atom is 0.408 e. The molecule has 0 spiro atoms. The van der Waals surface area contributed by atoms with Gasteiger partial charge in [-0.05, 0) is 88.3 Å². The van der Waals surface area contributed by atoms with Gasteiger partial charge in [0.25, 0.3) is 0 Å². The molecular formula is C34H49N3O5. The lowest BCUT2D eigenvalue weighted by molar-refractivity contribution is -0.143. The smallest absolute Gasteiger partial charge is 0.408 e. The molecule has 0 radical (unpaired) electrons. The van der Waals surface area contributed by atoms with Crippen LogP contribution < -0.4 is 10.6 Å². The number of aromatic hydroxyl groups is 1. The number of rotatable bonds is 11. The molecule has 0 heterocycles. The fraction of sp³-hybridized carbons (Fsp3) is 0.559. The van der Waals surface area contributed by atoms with Gasteiger partial charge in [-0.25, -0.2) is 4.79 Å². The predicted octanol–water partition coefficient (Wildman–Crippen LogP) is 6.26. The van der Waals surface area contributed by atoms with Crippen molar-refractivity contribution < 1.29 is 24.2 Å². The molecular weight excluding hydrogens is 530 g/mol. The summed E-state index contributed by atoms with van der Waals surface area (Å²) in [5.41, 5.74) is 2.69. The number of carbonyl (C=O) groups excluding carboxylic acids is 3. The first kappa shape index (κ1) is 33.0. The number of phenolic OH excluding ortho intramolecular Hbond substituents is 1. The zero-order valence-electron chi connectivity index (χ0n) is 26.2. The van der Waals surface area contributed by atoms with Gasteiger partial charge >= 0.3 is 6.09 Å². The first-order chi connectivity index (χ1) is 19.9. The number of unbranched alkanes of at least 4 members (excludes halogenated alkanes) is 1. The van der Waals surface area contributed by atoms with Crippen LogP contribution in [-0.2, 0) is 20.7 Å². The van der Waals surface area contributed by atoms with Crippen molar-refractivity contribution in [1.82, 2.24) is 15.5 Å². The van der Waals surface area contributed by atoms with Gasteiger partial charge in [0.2, 0.25) is 11.8 Å². The molecule has 42 heavy (non-hydrogen) atoms. The highest BCUT2D eigenvalue weighted by atomic mass is 16.6. The van der Waals surface area contributed by atoms with Crippen molar-refractivity contribution in [3.05, 3.63) is 64.7 Å². The Kier molecular flexibility index (Phi) is 11.8. The number of benzene rings is 2. The number of hydrogen-bond acceptors (Lipinski definition) is 5. The minimum Gasteiger partial charge on any atom is -0.508 e. The normalized spacial score (nSPS) is 15.4. The minimum atomic E-state index is -0.990. The van der Waals surface area contributed by atoms with Crippen LogP contribution in [0.3, 0.4) is 0 Å². The Morgan fingerprint density at radius 3 is 2.19 bits per heavy atom. The molecule has 0 bridgehead atoms. The van der Waals surface area contributed by atoms with Gasteiger partial charge in [-0.15, -0.1) is 0 Å². The fourth-order valence-corrected chi connectivity index (χ4v) is 5.63. The molecule has 0 saturated heterocycles. The molecule has 3 amide bonds. The Morgan fingerprint density at radius 2 is 1.62 bits per heavy atom. The third-order valence-corrected chi connectivity index (χ3v) is 7.73. The molecule has 1 saturated carbocycles. The molecule has 0 aliphatic heterocycles. The molecule has 1 aliphatic carbocycles. The van der Waals surface area contributed by atoms with Crippen LogP contribution in [0.4, 0.5) is 4.79 Å². The van der Waals surface area contributed by atoms with Crippen molar-refractivity contribution in [1.29, 1.82) is 0 Å². The maximum absolute atomic E-state index is 14.6. The standard InChI is InChI=1S/C34H49N3O5/c1-7-8-21-37(30(29-23(2)13-12-14-24(29)3)31(39)35-26-15-10-9-11-16-26)32(40)28(36-33(41)42-34(4,5)6)22-25-17-19-27(38)20-18-25/h12-14,17-20,26,28,30,38H,7-11,15-16,21-22H2,1-6H3,(H,35,39)(H,36,41). The van der Waals surface area contributed by atoms with E-state index >= 15 is 0 Å². The Labute approximate surface area is 251 Å². The quantitative estimate of drug-likeness (QED) is 0.291. The topological polar surface area (TPSA) is 108 Å². The fourth-order valence-electron chi connectivity index (χ4n) is 5.63. The molecule has 2 atom stereocenters. The van der Waals surface area contributed by atoms with Crippen molar-refractivity contribution in [2.45, 2.75) is 117 Å². The van der Waals surface area contributed by atoms with E-state index in [1.807, 2.05) is 39.0 Å². The lowest BCUT2D eigenvalue weighted by Gasteiger charge is -2.37. The SMILES string of the molecule is CCCCN(C(=O)C(Cc1ccc(O)cc1)NC(=O)OC(C)(C)C)C(C(=O)NC1CCCCC1)c1c(C)cccc1C. The summed E-state index contributed by atoms with van der Waals surface area (Å²) in [6.45, 7) is 11.6. The number of aryl methyl sites for hydroxylation is 2. The van der Waals surface area contributed by atoms with E-state index in [1.54, 1.807) is 49.9 Å². The highest BCUT2D eigenvalue weighted by molar-refractivity contribution is 5.93. The summed E-state index contributed by atoms with van der Waals surface area (Å²) in [5, 5.41) is 15.9. The van der Waals surface area contributed by atoms with Crippen molar-refractivity contribution in [2.24, 2.45) is 0 Å². The van der Waals surface area contributed by atoms with Crippen molar-refractivity contribution >= 4 is 17.9 Å². The second-order valence-corrected chi connectivity index (χ2v) is 12.5. The van der Waals surface area contributed by atoms with E-state index in [0.29, 0.717) is 13.0 Å². The highest BCUT2D eigenvalue weighted by Gasteiger charge is 2.38. The van der Waals surface area contributed by atoms with Crippen LogP contribution in [0.1, 0.15) is 101 Å². The second kappa shape index (κ2) is 15.1. The first-order valence-electron chi connectivity index (χ1n) is 15.3. The average molecular weight is 580 g/mol. The first-order valence-corrected chi connectivity index (χ1v) is 15.3. The van der Waals surface area contributed by atoms with Crippen LogP contribution >= 0.6 is 0 Å². The number of nitrogens with one attached hydrogen (secondary N) is 2. The van der Waals surface area contributed by atoms with Gasteiger partial charge in [0.15, 0.2) is 0 Å². The van der Waals surface area contributed by atoms with E-state index in [2.05, 4.69) is 10.6 Å². The monoisotopic (exact) mass is 579 g/mol. The Bertz CT molecular complexity index is 1180. The molecule has 3 N–H and O–H groups in total. The number of hydrogen-bond donors (Lipinski definition) is 3. The second-order valence-electron chi connectivity index (χ2n) is 12.5. The van der Waals surface area contributed by atoms with Crippen molar-refractivity contribution in [3.63, 3.8) is 0 Å². The molecule has 1 fully saturated rings. The third kappa shape index (κ3) is 9.50. The molecule has 2 unspecified atom stereocenters. The lowest BCUT2D eigenvalue weighted by Crippen LogP contribution is -2.55. The van der Waals surface area contributed by atoms with Gasteiger partial charge < -0.3 is 25.4 Å². The maximum atomic E-state index is 14.6. The van der Waals surface area contributed by atoms with Gasteiger partial charge in [-0.3, -0.25) is 9.59 Å². The minimum absolute atomic E-state index is 0.0777. The van der Waals surface area contributed by atoms with Gasteiger partial charge in [-0.2, -0.15) is 0 Å². The number of carbonyl (C=O) groups is 3. The molecule has 3 rings (SSSR count). The van der Waals surface area contributed by atoms with Crippen LogP contribution in [0, 0.1) is 13.8 Å². The van der Waals surface area contributed by atoms with Crippen LogP contribution in [0.5, 0.6) is 5.75 Å². The highest BCUT2D eigenvalue weighted by Crippen LogP contribution is 2.30. The summed E-state index contributed by atoms with van der Waals surface area (Å²) >= 11 is 0. The van der Waals surface area contributed by atoms with E-state index in [1.165, 1.54) is 6.42 Å². The largest absolute Gasteiger partial charge is 0.508 e. The van der Waals surface area contributed by atoms with Crippen molar-refractivity contribution in [3.8, 4) is 5.75 Å². The molecule has 2 aromatic carbocycles. The Balaban J connectivity index is 2.06. The van der Waals surface area contributed by atoms with Gasteiger partial charge in [0.05, 0.1) is 0 Å². The van der Waals surface area contributed by atoms with Gasteiger partial charge in [0, 0.05) is 19.0 Å². The summed E-state index contributed by atoms with van der Waals surface area (Å²) in [7, 11) is 0. The number of alkyl carbamates (subject to hydrolysis) is 1.